The average Bonchev–Trinajstić information content (AvgIpc) is 1.58. The van der Waals surface area contributed by atoms with Crippen LogP contribution in [0.25, 0.3) is 16.6 Å². The lowest BCUT2D eigenvalue weighted by Gasteiger charge is -2.42. The van der Waals surface area contributed by atoms with Crippen molar-refractivity contribution in [2.75, 3.05) is 94.1 Å². The van der Waals surface area contributed by atoms with Crippen molar-refractivity contribution in [3.05, 3.63) is 146 Å². The number of hydrogen-bond donors (Lipinski definition) is 5. The Labute approximate surface area is 527 Å². The van der Waals surface area contributed by atoms with Gasteiger partial charge in [0, 0.05) is 98.4 Å². The Balaban J connectivity index is 0.623. The van der Waals surface area contributed by atoms with Gasteiger partial charge in [0.2, 0.25) is 11.8 Å². The zero-order valence-electron chi connectivity index (χ0n) is 50.6. The van der Waals surface area contributed by atoms with E-state index in [0.29, 0.717) is 49.3 Å². The van der Waals surface area contributed by atoms with Crippen molar-refractivity contribution in [2.24, 2.45) is 11.3 Å². The van der Waals surface area contributed by atoms with E-state index in [2.05, 4.69) is 76.2 Å². The van der Waals surface area contributed by atoms with Crippen LogP contribution in [0.3, 0.4) is 0 Å². The number of nitro groups is 1. The number of piperazine rings is 1. The van der Waals surface area contributed by atoms with Crippen molar-refractivity contribution < 1.29 is 42.1 Å². The molecule has 4 aromatic carbocycles. The summed E-state index contributed by atoms with van der Waals surface area (Å²) in [6, 6.07) is 24.9. The predicted molar refractivity (Wildman–Crippen MR) is 343 cm³/mol. The molecule has 4 fully saturated rings. The van der Waals surface area contributed by atoms with E-state index in [4.69, 9.17) is 16.3 Å². The fraction of sp³-hybridized carbons (Fsp3) is 0.424. The second-order valence-electron chi connectivity index (χ2n) is 25.3. The summed E-state index contributed by atoms with van der Waals surface area (Å²) >= 11 is 6.28. The Morgan fingerprint density at radius 1 is 0.833 bits per heavy atom. The lowest BCUT2D eigenvalue weighted by Crippen LogP contribution is -2.54. The highest BCUT2D eigenvalue weighted by atomic mass is 35.5. The second kappa shape index (κ2) is 26.3. The molecule has 1 aliphatic carbocycles. The van der Waals surface area contributed by atoms with E-state index >= 15 is 0 Å². The number of piperidine rings is 3. The van der Waals surface area contributed by atoms with Gasteiger partial charge in [-0.15, -0.1) is 0 Å². The van der Waals surface area contributed by atoms with E-state index in [1.807, 2.05) is 18.2 Å². The van der Waals surface area contributed by atoms with Gasteiger partial charge in [-0.2, -0.15) is 0 Å². The number of hydrogen-bond acceptors (Lipinski definition) is 17. The number of nitro benzene ring substituents is 1. The van der Waals surface area contributed by atoms with Gasteiger partial charge in [-0.3, -0.25) is 49.2 Å². The Bertz CT molecular complexity index is 3910. The first kappa shape index (κ1) is 62.0. The van der Waals surface area contributed by atoms with Crippen LogP contribution in [-0.2, 0) is 19.6 Å². The third-order valence-electron chi connectivity index (χ3n) is 18.8. The molecule has 6 aromatic rings. The van der Waals surface area contributed by atoms with Crippen LogP contribution >= 0.6 is 11.6 Å². The maximum Gasteiger partial charge on any atom is 0.293 e. The van der Waals surface area contributed by atoms with Gasteiger partial charge in [0.1, 0.15) is 28.9 Å². The number of benzene rings is 4. The molecule has 5 N–H and O–H groups in total. The van der Waals surface area contributed by atoms with Gasteiger partial charge in [-0.1, -0.05) is 49.2 Å². The molecule has 0 radical (unpaired) electrons. The summed E-state index contributed by atoms with van der Waals surface area (Å²) in [7, 11) is -4.63. The van der Waals surface area contributed by atoms with Crippen LogP contribution in [-0.4, -0.2) is 163 Å². The van der Waals surface area contributed by atoms with E-state index in [0.717, 1.165) is 131 Å². The van der Waals surface area contributed by atoms with E-state index < -0.39 is 61.1 Å². The van der Waals surface area contributed by atoms with Gasteiger partial charge in [-0.25, -0.2) is 18.1 Å². The van der Waals surface area contributed by atoms with E-state index in [1.165, 1.54) is 35.0 Å². The highest BCUT2D eigenvalue weighted by Gasteiger charge is 2.46. The number of likely N-dealkylation sites (tertiary alicyclic amines) is 2. The summed E-state index contributed by atoms with van der Waals surface area (Å²) in [4.78, 5) is 94.9. The molecule has 90 heavy (non-hydrogen) atoms. The number of aromatic amines is 1. The van der Waals surface area contributed by atoms with Crippen molar-refractivity contribution in [1.82, 2.24) is 39.6 Å². The number of H-pyrrole nitrogens is 1. The second-order valence-corrected chi connectivity index (χ2v) is 27.4. The normalized spacial score (nSPS) is 19.9. The Morgan fingerprint density at radius 2 is 1.61 bits per heavy atom. The molecule has 5 amide bonds. The monoisotopic (exact) mass is 1260 g/mol. The molecule has 6 aliphatic rings. The summed E-state index contributed by atoms with van der Waals surface area (Å²) in [6.45, 7) is 14.1. The topological polar surface area (TPSA) is 265 Å². The number of nitrogens with zero attached hydrogens (tertiary/aromatic N) is 7. The number of rotatable bonds is 20. The van der Waals surface area contributed by atoms with Crippen LogP contribution in [0.2, 0.25) is 5.02 Å². The first-order chi connectivity index (χ1) is 43.3. The van der Waals surface area contributed by atoms with Gasteiger partial charge in [0.25, 0.3) is 33.4 Å². The molecule has 1 unspecified atom stereocenters. The summed E-state index contributed by atoms with van der Waals surface area (Å²) in [5.74, 6) is -2.43. The van der Waals surface area contributed by atoms with Gasteiger partial charge in [0.05, 0.1) is 32.7 Å². The van der Waals surface area contributed by atoms with Gasteiger partial charge < -0.3 is 35.1 Å². The molecule has 0 saturated carbocycles. The first-order valence-corrected chi connectivity index (χ1v) is 33.0. The Kier molecular flexibility index (Phi) is 18.1. The van der Waals surface area contributed by atoms with Crippen molar-refractivity contribution in [3.63, 3.8) is 0 Å². The zero-order chi connectivity index (χ0) is 62.8. The molecule has 472 valence electrons. The molecular formula is C66H75ClN12O10S. The fourth-order valence-corrected chi connectivity index (χ4v) is 14.8. The molecule has 2 aromatic heterocycles. The molecule has 5 aliphatic heterocycles. The van der Waals surface area contributed by atoms with Crippen molar-refractivity contribution in [1.29, 1.82) is 0 Å². The number of imide groups is 2. The Morgan fingerprint density at radius 3 is 2.37 bits per heavy atom. The maximum atomic E-state index is 14.2. The number of pyridine rings is 1. The molecule has 4 saturated heterocycles. The first-order valence-electron chi connectivity index (χ1n) is 31.2. The van der Waals surface area contributed by atoms with E-state index in [1.54, 1.807) is 48.7 Å². The molecule has 24 heteroatoms. The average molecular weight is 1260 g/mol. The van der Waals surface area contributed by atoms with E-state index in [-0.39, 0.29) is 52.3 Å². The molecule has 7 heterocycles. The van der Waals surface area contributed by atoms with Crippen LogP contribution < -0.4 is 30.3 Å². The standard InChI is InChI=1S/C66H75ClN12O10S/c1-66(2)23-17-45(53(38-66)43-7-9-46(67)10-8-43)41-75-31-33-77(34-32-75)48-11-13-51(58(36-48)89-49-35-44-18-25-69-61(44)71-40-49)62(81)73-90(87,88)50-12-14-54(57(37-50)79(85)86)70-39-42-19-29-76(30-20-42)47-21-27-74(28-22-47)26-4-24-68-55-6-3-5-52-60(55)65(84)78(64(52)83)56-15-16-59(80)72-63(56)82/h3,5-14,18,25,35-37,40,42,47,56,68,70H,4,15-17,19-24,26-34,38-39,41H2,1-2H3,(H,69,71)(H,73,81)(H,72,80,82). The molecule has 1 atom stereocenters. The summed E-state index contributed by atoms with van der Waals surface area (Å²) in [6.07, 6.45) is 11.2. The SMILES string of the molecule is CC1(C)CCC(CN2CCN(c3ccc(C(=O)NS(=O)(=O)c4ccc(NCC5CCN(C6CCN(CCCNc7cccc8c7C(=O)N(C7CCC(=O)NC7=O)C8=O)CC6)CC5)c([N+](=O)[O-])c4)c(Oc4cnc5[nH]ccc5c4)c3)CC2)=C(c2ccc(Cl)cc2)C1. The molecule has 12 rings (SSSR count). The van der Waals surface area contributed by atoms with Gasteiger partial charge >= 0.3 is 0 Å². The number of amides is 5. The van der Waals surface area contributed by atoms with Crippen LogP contribution in [0.5, 0.6) is 11.5 Å². The number of carbonyl (C=O) groups excluding carboxylic acids is 5. The van der Waals surface area contributed by atoms with Crippen LogP contribution in [0.15, 0.2) is 114 Å². The fourth-order valence-electron chi connectivity index (χ4n) is 13.7. The molecule has 0 spiro atoms. The number of halogens is 1. The highest BCUT2D eigenvalue weighted by molar-refractivity contribution is 7.90. The number of nitrogens with one attached hydrogen (secondary N) is 5. The summed E-state index contributed by atoms with van der Waals surface area (Å²) < 4.78 is 36.6. The number of fused-ring (bicyclic) bond motifs is 2. The largest absolute Gasteiger partial charge is 0.455 e. The van der Waals surface area contributed by atoms with Gasteiger partial charge in [-0.05, 0) is 174 Å². The minimum atomic E-state index is -4.63. The van der Waals surface area contributed by atoms with Crippen LogP contribution in [0.4, 0.5) is 22.7 Å². The van der Waals surface area contributed by atoms with Crippen molar-refractivity contribution in [3.8, 4) is 11.5 Å². The number of carbonyl (C=O) groups is 5. The summed E-state index contributed by atoms with van der Waals surface area (Å²) in [5.41, 5.74) is 6.45. The van der Waals surface area contributed by atoms with Crippen LogP contribution in [0.1, 0.15) is 115 Å². The predicted octanol–water partition coefficient (Wildman–Crippen LogP) is 9.31. The quantitative estimate of drug-likeness (QED) is 0.0206. The van der Waals surface area contributed by atoms with Crippen molar-refractivity contribution >= 4 is 90.5 Å². The Hall–Kier alpha value is -8.22. The minimum absolute atomic E-state index is 0.0551. The smallest absolute Gasteiger partial charge is 0.293 e. The third kappa shape index (κ3) is 13.7. The van der Waals surface area contributed by atoms with E-state index in [9.17, 15) is 42.5 Å². The zero-order valence-corrected chi connectivity index (χ0v) is 52.2. The summed E-state index contributed by atoms with van der Waals surface area (Å²) in [5, 5.41) is 22.9. The van der Waals surface area contributed by atoms with Crippen molar-refractivity contribution in [2.45, 2.75) is 95.0 Å². The highest BCUT2D eigenvalue weighted by Crippen LogP contribution is 2.44. The number of aromatic nitrogens is 2. The lowest BCUT2D eigenvalue weighted by atomic mass is 9.72. The number of allylic oxidation sites excluding steroid dienone is 1. The number of ether oxygens (including phenoxy) is 1. The maximum absolute atomic E-state index is 14.2. The number of anilines is 3. The van der Waals surface area contributed by atoms with Crippen LogP contribution in [0, 0.1) is 21.4 Å². The van der Waals surface area contributed by atoms with Gasteiger partial charge in [0.15, 0.2) is 0 Å². The third-order valence-corrected chi connectivity index (χ3v) is 20.4. The molecular weight excluding hydrogens is 1190 g/mol. The lowest BCUT2D eigenvalue weighted by molar-refractivity contribution is -0.384. The molecule has 0 bridgehead atoms. The molecule has 22 nitrogen and oxygen atoms in total. The minimum Gasteiger partial charge on any atom is -0.455 e. The number of sulfonamides is 1.